The lowest BCUT2D eigenvalue weighted by Crippen LogP contribution is -1.99. The maximum Gasteiger partial charge on any atom is 0.0915 e. The van der Waals surface area contributed by atoms with Crippen LogP contribution >= 0.6 is 0 Å². The molecule has 5 aromatic heterocycles. The van der Waals surface area contributed by atoms with Crippen molar-refractivity contribution < 1.29 is 0 Å². The topological polar surface area (TPSA) is 48.5 Å². The van der Waals surface area contributed by atoms with Gasteiger partial charge >= 0.3 is 0 Å². The molecule has 40 heavy (non-hydrogen) atoms. The van der Waals surface area contributed by atoms with Gasteiger partial charge in [0.25, 0.3) is 0 Å². The molecule has 0 amide bonds. The summed E-state index contributed by atoms with van der Waals surface area (Å²) in [5, 5.41) is 3.59. The Bertz CT molecular complexity index is 2090. The quantitative estimate of drug-likeness (QED) is 0.238. The van der Waals surface area contributed by atoms with Crippen LogP contribution in [-0.4, -0.2) is 24.1 Å². The van der Waals surface area contributed by atoms with E-state index in [1.807, 2.05) is 42.5 Å². The van der Waals surface area contributed by atoms with Gasteiger partial charge in [0.2, 0.25) is 0 Å². The molecule has 0 atom stereocenters. The zero-order valence-electron chi connectivity index (χ0n) is 21.5. The number of para-hydroxylation sites is 2. The Balaban J connectivity index is 1.43. The molecule has 3 aromatic carbocycles. The number of benzene rings is 3. The zero-order valence-corrected chi connectivity index (χ0v) is 21.5. The van der Waals surface area contributed by atoms with Crippen LogP contribution in [0.4, 0.5) is 0 Å². The van der Waals surface area contributed by atoms with Crippen LogP contribution in [0.15, 0.2) is 140 Å². The molecule has 0 saturated carbocycles. The average Bonchev–Trinajstić information content (AvgIpc) is 3.59. The van der Waals surface area contributed by atoms with Crippen molar-refractivity contribution in [1.29, 1.82) is 0 Å². The summed E-state index contributed by atoms with van der Waals surface area (Å²) in [6, 6.07) is 42.0. The van der Waals surface area contributed by atoms with Crippen molar-refractivity contribution in [2.75, 3.05) is 0 Å². The third-order valence-electron chi connectivity index (χ3n) is 7.44. The van der Waals surface area contributed by atoms with Crippen molar-refractivity contribution in [2.45, 2.75) is 0 Å². The van der Waals surface area contributed by atoms with Crippen LogP contribution in [0, 0.1) is 0 Å². The summed E-state index contributed by atoms with van der Waals surface area (Å²) in [5.74, 6) is 0. The highest BCUT2D eigenvalue weighted by Gasteiger charge is 2.17. The molecule has 0 saturated heterocycles. The summed E-state index contributed by atoms with van der Waals surface area (Å²) in [6.45, 7) is 0. The van der Waals surface area contributed by atoms with E-state index in [4.69, 9.17) is 4.98 Å². The van der Waals surface area contributed by atoms with Gasteiger partial charge in [0.15, 0.2) is 0 Å². The van der Waals surface area contributed by atoms with E-state index in [9.17, 15) is 0 Å². The minimum absolute atomic E-state index is 0.806. The number of rotatable bonds is 4. The number of aromatic nitrogens is 5. The van der Waals surface area contributed by atoms with Crippen LogP contribution in [0.25, 0.3) is 66.9 Å². The lowest BCUT2D eigenvalue weighted by Gasteiger charge is -2.12. The summed E-state index contributed by atoms with van der Waals surface area (Å²) in [7, 11) is 0. The Kier molecular flexibility index (Phi) is 5.07. The molecule has 0 bridgehead atoms. The standard InChI is InChI=1S/C35H23N5/c1-2-10-25(11-3-1)39-19-16-24-20-35-28(23-34(24)39)27-12-4-5-15-33(27)40(35)26-21-31(29-13-6-8-17-36-29)38-32(22-26)30-14-7-9-18-37-30/h1-23H. The molecule has 0 fully saturated rings. The van der Waals surface area contributed by atoms with E-state index in [0.717, 1.165) is 45.2 Å². The summed E-state index contributed by atoms with van der Waals surface area (Å²) in [4.78, 5) is 14.2. The Morgan fingerprint density at radius 2 is 1.12 bits per heavy atom. The Morgan fingerprint density at radius 1 is 0.450 bits per heavy atom. The summed E-state index contributed by atoms with van der Waals surface area (Å²) in [5.41, 5.74) is 8.89. The maximum absolute atomic E-state index is 4.99. The van der Waals surface area contributed by atoms with Crippen LogP contribution < -0.4 is 0 Å². The Morgan fingerprint density at radius 3 is 1.82 bits per heavy atom. The van der Waals surface area contributed by atoms with E-state index in [-0.39, 0.29) is 0 Å². The summed E-state index contributed by atoms with van der Waals surface area (Å²) >= 11 is 0. The van der Waals surface area contributed by atoms with Crippen molar-refractivity contribution in [3.8, 4) is 34.2 Å². The minimum atomic E-state index is 0.806. The van der Waals surface area contributed by atoms with Crippen molar-refractivity contribution >= 4 is 32.7 Å². The van der Waals surface area contributed by atoms with E-state index >= 15 is 0 Å². The van der Waals surface area contributed by atoms with Gasteiger partial charge in [-0.1, -0.05) is 48.5 Å². The van der Waals surface area contributed by atoms with E-state index in [1.54, 1.807) is 12.4 Å². The lowest BCUT2D eigenvalue weighted by molar-refractivity contribution is 1.13. The second-order valence-electron chi connectivity index (χ2n) is 9.83. The Labute approximate surface area is 230 Å². The predicted octanol–water partition coefficient (Wildman–Crippen LogP) is 8.25. The molecule has 0 radical (unpaired) electrons. The third-order valence-corrected chi connectivity index (χ3v) is 7.44. The van der Waals surface area contributed by atoms with Gasteiger partial charge in [0.1, 0.15) is 0 Å². The molecule has 0 spiro atoms. The number of nitrogens with zero attached hydrogens (tertiary/aromatic N) is 5. The van der Waals surface area contributed by atoms with Gasteiger partial charge in [-0.25, -0.2) is 4.98 Å². The molecule has 0 aliphatic rings. The molecule has 8 aromatic rings. The SMILES string of the molecule is c1ccc(-n2ccc3cc4c(cc32)c2ccccc2n4-c2cc(-c3ccccn3)nc(-c3ccccn3)c2)cc1. The Hall–Kier alpha value is -5.55. The highest BCUT2D eigenvalue weighted by atomic mass is 15.0. The van der Waals surface area contributed by atoms with Crippen molar-refractivity contribution in [2.24, 2.45) is 0 Å². The van der Waals surface area contributed by atoms with Gasteiger partial charge in [0, 0.05) is 40.4 Å². The smallest absolute Gasteiger partial charge is 0.0915 e. The molecular formula is C35H23N5. The largest absolute Gasteiger partial charge is 0.317 e. The van der Waals surface area contributed by atoms with Crippen molar-refractivity contribution in [3.05, 3.63) is 140 Å². The van der Waals surface area contributed by atoms with Gasteiger partial charge in [-0.05, 0) is 72.8 Å². The van der Waals surface area contributed by atoms with Gasteiger partial charge < -0.3 is 9.13 Å². The first-order valence-corrected chi connectivity index (χ1v) is 13.3. The number of fused-ring (bicyclic) bond motifs is 4. The summed E-state index contributed by atoms with van der Waals surface area (Å²) < 4.78 is 4.59. The van der Waals surface area contributed by atoms with E-state index in [2.05, 4.69) is 104 Å². The van der Waals surface area contributed by atoms with Crippen LogP contribution in [0.1, 0.15) is 0 Å². The van der Waals surface area contributed by atoms with Gasteiger partial charge in [-0.15, -0.1) is 0 Å². The van der Waals surface area contributed by atoms with Gasteiger partial charge in [-0.2, -0.15) is 0 Å². The molecule has 5 nitrogen and oxygen atoms in total. The predicted molar refractivity (Wildman–Crippen MR) is 162 cm³/mol. The van der Waals surface area contributed by atoms with E-state index in [1.165, 1.54) is 21.7 Å². The number of hydrogen-bond acceptors (Lipinski definition) is 3. The second-order valence-corrected chi connectivity index (χ2v) is 9.83. The minimum Gasteiger partial charge on any atom is -0.317 e. The summed E-state index contributed by atoms with van der Waals surface area (Å²) in [6.07, 6.45) is 5.76. The zero-order chi connectivity index (χ0) is 26.5. The first-order valence-electron chi connectivity index (χ1n) is 13.3. The fourth-order valence-electron chi connectivity index (χ4n) is 5.63. The van der Waals surface area contributed by atoms with Crippen LogP contribution in [0.5, 0.6) is 0 Å². The van der Waals surface area contributed by atoms with Gasteiger partial charge in [-0.3, -0.25) is 9.97 Å². The second kappa shape index (κ2) is 9.03. The molecule has 0 aliphatic carbocycles. The van der Waals surface area contributed by atoms with Crippen LogP contribution in [0.3, 0.4) is 0 Å². The van der Waals surface area contributed by atoms with Crippen LogP contribution in [-0.2, 0) is 0 Å². The molecule has 8 rings (SSSR count). The van der Waals surface area contributed by atoms with E-state index in [0.29, 0.717) is 0 Å². The molecule has 0 unspecified atom stereocenters. The van der Waals surface area contributed by atoms with Crippen LogP contribution in [0.2, 0.25) is 0 Å². The maximum atomic E-state index is 4.99. The average molecular weight is 514 g/mol. The first-order chi connectivity index (χ1) is 19.8. The van der Waals surface area contributed by atoms with Crippen molar-refractivity contribution in [3.63, 3.8) is 0 Å². The highest BCUT2D eigenvalue weighted by Crippen LogP contribution is 2.37. The molecule has 0 N–H and O–H groups in total. The fourth-order valence-corrected chi connectivity index (χ4v) is 5.63. The molecule has 5 heteroatoms. The third kappa shape index (κ3) is 3.60. The monoisotopic (exact) mass is 513 g/mol. The number of hydrogen-bond donors (Lipinski definition) is 0. The highest BCUT2D eigenvalue weighted by molar-refractivity contribution is 6.13. The molecule has 5 heterocycles. The normalized spacial score (nSPS) is 11.5. The molecule has 188 valence electrons. The number of pyridine rings is 3. The fraction of sp³-hybridized carbons (Fsp3) is 0. The molecule has 0 aliphatic heterocycles. The van der Waals surface area contributed by atoms with Gasteiger partial charge in [0.05, 0.1) is 45.0 Å². The molecular weight excluding hydrogens is 490 g/mol. The lowest BCUT2D eigenvalue weighted by atomic mass is 10.1. The first kappa shape index (κ1) is 22.4. The van der Waals surface area contributed by atoms with E-state index < -0.39 is 0 Å². The van der Waals surface area contributed by atoms with Crippen molar-refractivity contribution in [1.82, 2.24) is 24.1 Å².